The summed E-state index contributed by atoms with van der Waals surface area (Å²) in [6.07, 6.45) is 0.890. The number of nitro benzene ring substituents is 1. The minimum atomic E-state index is -0.326. The molecule has 1 fully saturated rings. The second-order valence-corrected chi connectivity index (χ2v) is 4.13. The summed E-state index contributed by atoms with van der Waals surface area (Å²) in [5, 5.41) is 14.1. The maximum atomic E-state index is 11.2. The molecule has 6 heteroatoms. The average Bonchev–Trinajstić information content (AvgIpc) is 2.66. The van der Waals surface area contributed by atoms with Crippen LogP contribution in [0.25, 0.3) is 0 Å². The Labute approximate surface area is 106 Å². The summed E-state index contributed by atoms with van der Waals surface area (Å²) in [6.45, 7) is 2.80. The van der Waals surface area contributed by atoms with Gasteiger partial charge in [0, 0.05) is 26.7 Å². The zero-order valence-electron chi connectivity index (χ0n) is 10.4. The van der Waals surface area contributed by atoms with Crippen molar-refractivity contribution in [1.82, 2.24) is 0 Å². The third kappa shape index (κ3) is 2.53. The monoisotopic (exact) mass is 251 g/mol. The molecule has 0 spiro atoms. The predicted octanol–water partition coefficient (Wildman–Crippen LogP) is 1.86. The van der Waals surface area contributed by atoms with Gasteiger partial charge in [-0.3, -0.25) is 10.1 Å². The van der Waals surface area contributed by atoms with Gasteiger partial charge in [-0.25, -0.2) is 0 Å². The molecule has 0 bridgehead atoms. The number of rotatable bonds is 3. The van der Waals surface area contributed by atoms with E-state index in [-0.39, 0.29) is 10.6 Å². The molecule has 1 aromatic rings. The van der Waals surface area contributed by atoms with Crippen LogP contribution in [0.4, 0.5) is 17.1 Å². The van der Waals surface area contributed by atoms with E-state index in [1.54, 1.807) is 19.2 Å². The van der Waals surface area contributed by atoms with Gasteiger partial charge in [0.05, 0.1) is 11.5 Å². The molecule has 98 valence electrons. The fourth-order valence-corrected chi connectivity index (χ4v) is 2.17. The number of nitrogens with zero attached hydrogens (tertiary/aromatic N) is 2. The highest BCUT2D eigenvalue weighted by atomic mass is 16.6. The number of para-hydroxylation sites is 1. The number of anilines is 2. The largest absolute Gasteiger partial charge is 0.382 e. The summed E-state index contributed by atoms with van der Waals surface area (Å²) >= 11 is 0. The van der Waals surface area contributed by atoms with Gasteiger partial charge in [0.2, 0.25) is 0 Å². The van der Waals surface area contributed by atoms with Crippen LogP contribution in [0.15, 0.2) is 18.2 Å². The Morgan fingerprint density at radius 3 is 2.94 bits per heavy atom. The molecule has 0 saturated carbocycles. The molecule has 1 aromatic carbocycles. The Bertz CT molecular complexity index is 429. The Hall–Kier alpha value is -1.82. The molecular weight excluding hydrogens is 234 g/mol. The van der Waals surface area contributed by atoms with Crippen molar-refractivity contribution in [1.29, 1.82) is 0 Å². The SMILES string of the molecule is CNc1cccc(N2CCCOCC2)c1[N+](=O)[O-]. The standard InChI is InChI=1S/C12H17N3O3/c1-13-10-4-2-5-11(12(10)15(16)17)14-6-3-8-18-9-7-14/h2,4-5,13H,3,6-9H2,1H3. The first-order valence-electron chi connectivity index (χ1n) is 6.02. The first-order valence-corrected chi connectivity index (χ1v) is 6.02. The van der Waals surface area contributed by atoms with Gasteiger partial charge in [0.25, 0.3) is 0 Å². The maximum Gasteiger partial charge on any atom is 0.315 e. The lowest BCUT2D eigenvalue weighted by Crippen LogP contribution is -2.26. The highest BCUT2D eigenvalue weighted by molar-refractivity contribution is 5.76. The molecule has 0 aliphatic carbocycles. The Morgan fingerprint density at radius 1 is 1.39 bits per heavy atom. The average molecular weight is 251 g/mol. The highest BCUT2D eigenvalue weighted by Crippen LogP contribution is 2.35. The van der Waals surface area contributed by atoms with E-state index in [4.69, 9.17) is 4.74 Å². The second kappa shape index (κ2) is 5.68. The van der Waals surface area contributed by atoms with E-state index >= 15 is 0 Å². The van der Waals surface area contributed by atoms with Crippen molar-refractivity contribution >= 4 is 17.1 Å². The molecule has 0 aromatic heterocycles. The van der Waals surface area contributed by atoms with Crippen molar-refractivity contribution in [3.05, 3.63) is 28.3 Å². The summed E-state index contributed by atoms with van der Waals surface area (Å²) in [7, 11) is 1.69. The Morgan fingerprint density at radius 2 is 2.22 bits per heavy atom. The van der Waals surface area contributed by atoms with Crippen molar-refractivity contribution in [3.8, 4) is 0 Å². The van der Waals surface area contributed by atoms with Crippen LogP contribution in [-0.2, 0) is 4.74 Å². The summed E-state index contributed by atoms with van der Waals surface area (Å²) in [6, 6.07) is 5.35. The molecule has 1 aliphatic rings. The fourth-order valence-electron chi connectivity index (χ4n) is 2.17. The molecule has 0 unspecified atom stereocenters. The number of benzene rings is 1. The van der Waals surface area contributed by atoms with Crippen LogP contribution in [0.1, 0.15) is 6.42 Å². The minimum absolute atomic E-state index is 0.141. The van der Waals surface area contributed by atoms with Crippen LogP contribution in [0.2, 0.25) is 0 Å². The van der Waals surface area contributed by atoms with E-state index in [2.05, 4.69) is 5.32 Å². The molecule has 2 rings (SSSR count). The van der Waals surface area contributed by atoms with Crippen molar-refractivity contribution in [2.75, 3.05) is 43.6 Å². The molecule has 0 radical (unpaired) electrons. The van der Waals surface area contributed by atoms with Crippen LogP contribution >= 0.6 is 0 Å². The topological polar surface area (TPSA) is 67.6 Å². The van der Waals surface area contributed by atoms with Crippen molar-refractivity contribution in [2.45, 2.75) is 6.42 Å². The number of hydrogen-bond donors (Lipinski definition) is 1. The Kier molecular flexibility index (Phi) is 3.99. The van der Waals surface area contributed by atoms with E-state index in [0.717, 1.165) is 19.6 Å². The van der Waals surface area contributed by atoms with E-state index in [1.165, 1.54) is 0 Å². The summed E-state index contributed by atoms with van der Waals surface area (Å²) < 4.78 is 5.38. The van der Waals surface area contributed by atoms with Crippen molar-refractivity contribution in [3.63, 3.8) is 0 Å². The van der Waals surface area contributed by atoms with Gasteiger partial charge in [-0.1, -0.05) is 6.07 Å². The van der Waals surface area contributed by atoms with Gasteiger partial charge in [-0.05, 0) is 18.6 Å². The first-order chi connectivity index (χ1) is 8.74. The zero-order valence-corrected chi connectivity index (χ0v) is 10.4. The van der Waals surface area contributed by atoms with Gasteiger partial charge >= 0.3 is 5.69 Å². The summed E-state index contributed by atoms with van der Waals surface area (Å²) in [5.41, 5.74) is 1.35. The molecule has 18 heavy (non-hydrogen) atoms. The van der Waals surface area contributed by atoms with Crippen LogP contribution in [0, 0.1) is 10.1 Å². The van der Waals surface area contributed by atoms with Gasteiger partial charge in [0.1, 0.15) is 11.4 Å². The second-order valence-electron chi connectivity index (χ2n) is 4.13. The van der Waals surface area contributed by atoms with Crippen molar-refractivity contribution in [2.24, 2.45) is 0 Å². The third-order valence-electron chi connectivity index (χ3n) is 3.03. The zero-order chi connectivity index (χ0) is 13.0. The minimum Gasteiger partial charge on any atom is -0.382 e. The van der Waals surface area contributed by atoms with Crippen LogP contribution in [0.5, 0.6) is 0 Å². The molecular formula is C12H17N3O3. The molecule has 1 aliphatic heterocycles. The quantitative estimate of drug-likeness (QED) is 0.656. The van der Waals surface area contributed by atoms with E-state index in [9.17, 15) is 10.1 Å². The highest BCUT2D eigenvalue weighted by Gasteiger charge is 2.23. The first kappa shape index (κ1) is 12.6. The van der Waals surface area contributed by atoms with Crippen LogP contribution in [-0.4, -0.2) is 38.3 Å². The number of nitro groups is 1. The summed E-state index contributed by atoms with van der Waals surface area (Å²) in [4.78, 5) is 12.9. The lowest BCUT2D eigenvalue weighted by Gasteiger charge is -2.22. The maximum absolute atomic E-state index is 11.2. The van der Waals surface area contributed by atoms with Gasteiger partial charge in [-0.15, -0.1) is 0 Å². The lowest BCUT2D eigenvalue weighted by atomic mass is 10.2. The predicted molar refractivity (Wildman–Crippen MR) is 70.3 cm³/mol. The van der Waals surface area contributed by atoms with E-state index in [1.807, 2.05) is 11.0 Å². The molecule has 0 amide bonds. The van der Waals surface area contributed by atoms with Gasteiger partial charge in [-0.2, -0.15) is 0 Å². The molecule has 1 N–H and O–H groups in total. The number of hydrogen-bond acceptors (Lipinski definition) is 5. The number of nitrogens with one attached hydrogen (secondary N) is 1. The third-order valence-corrected chi connectivity index (χ3v) is 3.03. The Balaban J connectivity index is 2.38. The molecule has 6 nitrogen and oxygen atoms in total. The van der Waals surface area contributed by atoms with E-state index < -0.39 is 0 Å². The fraction of sp³-hybridized carbons (Fsp3) is 0.500. The van der Waals surface area contributed by atoms with Crippen LogP contribution in [0.3, 0.4) is 0 Å². The molecule has 0 atom stereocenters. The summed E-state index contributed by atoms with van der Waals surface area (Å²) in [5.74, 6) is 0. The van der Waals surface area contributed by atoms with Crippen molar-refractivity contribution < 1.29 is 9.66 Å². The normalized spacial score (nSPS) is 16.2. The lowest BCUT2D eigenvalue weighted by molar-refractivity contribution is -0.383. The molecule has 1 heterocycles. The van der Waals surface area contributed by atoms with Crippen LogP contribution < -0.4 is 10.2 Å². The molecule has 1 saturated heterocycles. The number of ether oxygens (including phenoxy) is 1. The van der Waals surface area contributed by atoms with Gasteiger partial charge < -0.3 is 15.0 Å². The smallest absolute Gasteiger partial charge is 0.315 e. The van der Waals surface area contributed by atoms with E-state index in [0.29, 0.717) is 24.5 Å². The van der Waals surface area contributed by atoms with Gasteiger partial charge in [0.15, 0.2) is 0 Å².